The van der Waals surface area contributed by atoms with Crippen LogP contribution in [0.3, 0.4) is 0 Å². The first kappa shape index (κ1) is 19.0. The molecule has 1 aliphatic rings. The summed E-state index contributed by atoms with van der Waals surface area (Å²) in [4.78, 5) is 15.1. The van der Waals surface area contributed by atoms with Gasteiger partial charge in [-0.1, -0.05) is 48.0 Å². The van der Waals surface area contributed by atoms with E-state index in [4.69, 9.17) is 0 Å². The maximum Gasteiger partial charge on any atom is 0.176 e. The number of hydrogen-bond acceptors (Lipinski definition) is 3. The summed E-state index contributed by atoms with van der Waals surface area (Å²) in [7, 11) is 0. The second kappa shape index (κ2) is 6.87. The summed E-state index contributed by atoms with van der Waals surface area (Å²) in [6, 6.07) is 3.80. The summed E-state index contributed by atoms with van der Waals surface area (Å²) in [5.41, 5.74) is 2.04. The monoisotopic (exact) mass is 331 g/mol. The van der Waals surface area contributed by atoms with Crippen LogP contribution >= 0.6 is 0 Å². The lowest BCUT2D eigenvalue weighted by atomic mass is 9.78. The Bertz CT molecular complexity index is 564. The number of hydrogen-bond donors (Lipinski definition) is 1. The molecule has 1 aliphatic heterocycles. The SMILES string of the molecule is CC(C)(C)c1cc(C(=O)CN2CCCCC2)cc(C(C)(C)C)c1O. The fourth-order valence-electron chi connectivity index (χ4n) is 3.35. The Hall–Kier alpha value is -1.35. The summed E-state index contributed by atoms with van der Waals surface area (Å²) in [6.45, 7) is 15.0. The van der Waals surface area contributed by atoms with Crippen LogP contribution < -0.4 is 0 Å². The van der Waals surface area contributed by atoms with E-state index in [2.05, 4.69) is 46.4 Å². The summed E-state index contributed by atoms with van der Waals surface area (Å²) in [6.07, 6.45) is 3.64. The van der Waals surface area contributed by atoms with Crippen molar-refractivity contribution in [1.82, 2.24) is 4.90 Å². The Morgan fingerprint density at radius 1 is 0.958 bits per heavy atom. The predicted octanol–water partition coefficient (Wildman–Crippen LogP) is 4.66. The molecule has 0 atom stereocenters. The van der Waals surface area contributed by atoms with Gasteiger partial charge in [-0.3, -0.25) is 9.69 Å². The van der Waals surface area contributed by atoms with Gasteiger partial charge in [0.15, 0.2) is 5.78 Å². The zero-order valence-electron chi connectivity index (χ0n) is 16.2. The third-order valence-electron chi connectivity index (χ3n) is 4.86. The quantitative estimate of drug-likeness (QED) is 0.819. The van der Waals surface area contributed by atoms with Gasteiger partial charge in [0.25, 0.3) is 0 Å². The summed E-state index contributed by atoms with van der Waals surface area (Å²) in [5.74, 6) is 0.498. The van der Waals surface area contributed by atoms with Crippen LogP contribution in [0.4, 0.5) is 0 Å². The Morgan fingerprint density at radius 3 is 1.83 bits per heavy atom. The number of benzene rings is 1. The van der Waals surface area contributed by atoms with Gasteiger partial charge in [-0.25, -0.2) is 0 Å². The molecule has 134 valence electrons. The van der Waals surface area contributed by atoms with Gasteiger partial charge in [-0.2, -0.15) is 0 Å². The van der Waals surface area contributed by atoms with Gasteiger partial charge in [0, 0.05) is 16.7 Å². The minimum Gasteiger partial charge on any atom is -0.507 e. The van der Waals surface area contributed by atoms with E-state index in [1.807, 2.05) is 12.1 Å². The Balaban J connectivity index is 2.40. The van der Waals surface area contributed by atoms with Crippen molar-refractivity contribution in [3.05, 3.63) is 28.8 Å². The number of aromatic hydroxyl groups is 1. The van der Waals surface area contributed by atoms with E-state index < -0.39 is 0 Å². The first-order valence-corrected chi connectivity index (χ1v) is 9.13. The van der Waals surface area contributed by atoms with E-state index in [1.165, 1.54) is 19.3 Å². The molecule has 0 amide bonds. The highest BCUT2D eigenvalue weighted by Gasteiger charge is 2.28. The smallest absolute Gasteiger partial charge is 0.176 e. The van der Waals surface area contributed by atoms with E-state index in [1.54, 1.807) is 0 Å². The van der Waals surface area contributed by atoms with E-state index in [0.29, 0.717) is 12.3 Å². The van der Waals surface area contributed by atoms with E-state index in [-0.39, 0.29) is 16.6 Å². The second-order valence-corrected chi connectivity index (χ2v) is 9.18. The van der Waals surface area contributed by atoms with Crippen LogP contribution in [-0.2, 0) is 10.8 Å². The molecule has 3 heteroatoms. The van der Waals surface area contributed by atoms with Gasteiger partial charge < -0.3 is 5.11 Å². The van der Waals surface area contributed by atoms with E-state index in [0.717, 1.165) is 29.8 Å². The Kier molecular flexibility index (Phi) is 5.44. The Morgan fingerprint density at radius 2 is 1.42 bits per heavy atom. The van der Waals surface area contributed by atoms with Gasteiger partial charge in [-0.05, 0) is 48.9 Å². The highest BCUT2D eigenvalue weighted by atomic mass is 16.3. The molecule has 2 rings (SSSR count). The third-order valence-corrected chi connectivity index (χ3v) is 4.86. The zero-order valence-corrected chi connectivity index (χ0v) is 16.2. The molecule has 1 heterocycles. The molecule has 0 bridgehead atoms. The molecular formula is C21H33NO2. The largest absolute Gasteiger partial charge is 0.507 e. The average Bonchev–Trinajstić information content (AvgIpc) is 2.46. The number of Topliss-reactive ketones (excluding diaryl/α,β-unsaturated/α-hetero) is 1. The van der Waals surface area contributed by atoms with Crippen LogP contribution in [-0.4, -0.2) is 35.4 Å². The Labute approximate surface area is 147 Å². The zero-order chi connectivity index (χ0) is 18.1. The normalized spacial score (nSPS) is 17.1. The third kappa shape index (κ3) is 4.38. The molecule has 0 unspecified atom stereocenters. The first-order valence-electron chi connectivity index (χ1n) is 9.13. The fraction of sp³-hybridized carbons (Fsp3) is 0.667. The molecule has 1 aromatic rings. The van der Waals surface area contributed by atoms with Crippen molar-refractivity contribution in [2.24, 2.45) is 0 Å². The molecule has 1 saturated heterocycles. The summed E-state index contributed by atoms with van der Waals surface area (Å²) < 4.78 is 0. The van der Waals surface area contributed by atoms with Crippen molar-refractivity contribution in [2.45, 2.75) is 71.6 Å². The molecule has 1 fully saturated rings. The molecular weight excluding hydrogens is 298 g/mol. The number of ketones is 1. The number of carbonyl (C=O) groups is 1. The molecule has 0 saturated carbocycles. The van der Waals surface area contributed by atoms with Crippen LogP contribution in [0.2, 0.25) is 0 Å². The van der Waals surface area contributed by atoms with Gasteiger partial charge in [0.05, 0.1) is 6.54 Å². The molecule has 1 aromatic carbocycles. The number of carbonyl (C=O) groups excluding carboxylic acids is 1. The van der Waals surface area contributed by atoms with Crippen molar-refractivity contribution < 1.29 is 9.90 Å². The molecule has 1 N–H and O–H groups in total. The van der Waals surface area contributed by atoms with Crippen molar-refractivity contribution in [1.29, 1.82) is 0 Å². The van der Waals surface area contributed by atoms with Crippen molar-refractivity contribution in [3.8, 4) is 5.75 Å². The van der Waals surface area contributed by atoms with Gasteiger partial charge in [0.2, 0.25) is 0 Å². The van der Waals surface area contributed by atoms with Crippen LogP contribution in [0.5, 0.6) is 5.75 Å². The van der Waals surface area contributed by atoms with Crippen LogP contribution in [0.15, 0.2) is 12.1 Å². The van der Waals surface area contributed by atoms with Gasteiger partial charge in [-0.15, -0.1) is 0 Å². The topological polar surface area (TPSA) is 40.5 Å². The minimum absolute atomic E-state index is 0.160. The average molecular weight is 332 g/mol. The standard InChI is InChI=1S/C21H33NO2/c1-20(2,3)16-12-15(13-17(19(16)24)21(4,5)6)18(23)14-22-10-8-7-9-11-22/h12-13,24H,7-11,14H2,1-6H3. The van der Waals surface area contributed by atoms with Gasteiger partial charge in [0.1, 0.15) is 5.75 Å². The minimum atomic E-state index is -0.203. The maximum absolute atomic E-state index is 12.9. The second-order valence-electron chi connectivity index (χ2n) is 9.18. The van der Waals surface area contributed by atoms with Crippen molar-refractivity contribution in [2.75, 3.05) is 19.6 Å². The van der Waals surface area contributed by atoms with E-state index in [9.17, 15) is 9.90 Å². The number of likely N-dealkylation sites (tertiary alicyclic amines) is 1. The van der Waals surface area contributed by atoms with Gasteiger partial charge >= 0.3 is 0 Å². The number of phenols is 1. The molecule has 0 aliphatic carbocycles. The van der Waals surface area contributed by atoms with Crippen LogP contribution in [0.25, 0.3) is 0 Å². The predicted molar refractivity (Wildman–Crippen MR) is 100 cm³/mol. The van der Waals surface area contributed by atoms with Crippen molar-refractivity contribution >= 4 is 5.78 Å². The molecule has 3 nitrogen and oxygen atoms in total. The van der Waals surface area contributed by atoms with Crippen LogP contribution in [0, 0.1) is 0 Å². The van der Waals surface area contributed by atoms with Crippen LogP contribution in [0.1, 0.15) is 82.3 Å². The lowest BCUT2D eigenvalue weighted by Crippen LogP contribution is -2.34. The summed E-state index contributed by atoms with van der Waals surface area (Å²) in [5, 5.41) is 10.8. The molecule has 0 radical (unpaired) electrons. The fourth-order valence-corrected chi connectivity index (χ4v) is 3.35. The molecule has 0 spiro atoms. The van der Waals surface area contributed by atoms with E-state index >= 15 is 0 Å². The number of phenolic OH excluding ortho intramolecular Hbond substituents is 1. The number of piperidine rings is 1. The lowest BCUT2D eigenvalue weighted by Gasteiger charge is -2.29. The van der Waals surface area contributed by atoms with Crippen molar-refractivity contribution in [3.63, 3.8) is 0 Å². The first-order chi connectivity index (χ1) is 11.0. The molecule has 24 heavy (non-hydrogen) atoms. The summed E-state index contributed by atoms with van der Waals surface area (Å²) >= 11 is 0. The highest BCUT2D eigenvalue weighted by molar-refractivity contribution is 5.98. The molecule has 0 aromatic heterocycles. The maximum atomic E-state index is 12.9. The number of nitrogens with zero attached hydrogens (tertiary/aromatic N) is 1. The highest BCUT2D eigenvalue weighted by Crippen LogP contribution is 2.39. The number of rotatable bonds is 3. The lowest BCUT2D eigenvalue weighted by molar-refractivity contribution is 0.0915.